The molecule has 0 unspecified atom stereocenters. The van der Waals surface area contributed by atoms with Crippen molar-refractivity contribution in [1.29, 1.82) is 0 Å². The zero-order chi connectivity index (χ0) is 19.4. The van der Waals surface area contributed by atoms with Gasteiger partial charge in [-0.05, 0) is 50.5 Å². The molecule has 0 aliphatic heterocycles. The summed E-state index contributed by atoms with van der Waals surface area (Å²) in [7, 11) is 1.58. The molecule has 0 radical (unpaired) electrons. The Labute approximate surface area is 160 Å². The van der Waals surface area contributed by atoms with Crippen molar-refractivity contribution in [3.05, 3.63) is 58.9 Å². The fraction of sp³-hybridized carbons (Fsp3) is 0.409. The predicted octanol–water partition coefficient (Wildman–Crippen LogP) is 4.02. The molecule has 0 bridgehead atoms. The van der Waals surface area contributed by atoms with Gasteiger partial charge in [0.05, 0.1) is 7.11 Å². The van der Waals surface area contributed by atoms with Crippen molar-refractivity contribution in [2.45, 2.75) is 51.5 Å². The Morgan fingerprint density at radius 1 is 1.07 bits per heavy atom. The second-order valence-electron chi connectivity index (χ2n) is 7.23. The van der Waals surface area contributed by atoms with Gasteiger partial charge in [-0.3, -0.25) is 14.6 Å². The van der Waals surface area contributed by atoms with Crippen molar-refractivity contribution in [2.75, 3.05) is 7.11 Å². The van der Waals surface area contributed by atoms with Gasteiger partial charge in [0.1, 0.15) is 17.0 Å². The summed E-state index contributed by atoms with van der Waals surface area (Å²) in [6.07, 6.45) is 5.80. The SMILES string of the molecule is COc1cccc(C(=O)NC2(C(=O)c3ncccc3C)CCCCC2)c1C. The molecule has 3 rings (SSSR count). The van der Waals surface area contributed by atoms with Crippen LogP contribution in [0.25, 0.3) is 0 Å². The average molecular weight is 366 g/mol. The number of hydrogen-bond acceptors (Lipinski definition) is 4. The maximum Gasteiger partial charge on any atom is 0.252 e. The third-order valence-corrected chi connectivity index (χ3v) is 5.47. The first-order valence-electron chi connectivity index (χ1n) is 9.41. The number of nitrogens with one attached hydrogen (secondary N) is 1. The van der Waals surface area contributed by atoms with Gasteiger partial charge >= 0.3 is 0 Å². The van der Waals surface area contributed by atoms with Crippen LogP contribution < -0.4 is 10.1 Å². The fourth-order valence-electron chi connectivity index (χ4n) is 3.88. The Morgan fingerprint density at radius 3 is 2.48 bits per heavy atom. The number of aromatic nitrogens is 1. The second kappa shape index (κ2) is 7.91. The number of amides is 1. The fourth-order valence-corrected chi connectivity index (χ4v) is 3.88. The van der Waals surface area contributed by atoms with Crippen molar-refractivity contribution in [3.63, 3.8) is 0 Å². The lowest BCUT2D eigenvalue weighted by Crippen LogP contribution is -2.56. The number of hydrogen-bond donors (Lipinski definition) is 1. The number of carbonyl (C=O) groups excluding carboxylic acids is 2. The highest BCUT2D eigenvalue weighted by Crippen LogP contribution is 2.32. The Hall–Kier alpha value is -2.69. The first kappa shape index (κ1) is 19.1. The van der Waals surface area contributed by atoms with Crippen molar-refractivity contribution in [3.8, 4) is 5.75 Å². The summed E-state index contributed by atoms with van der Waals surface area (Å²) in [6.45, 7) is 3.73. The van der Waals surface area contributed by atoms with Crippen LogP contribution in [0.2, 0.25) is 0 Å². The maximum absolute atomic E-state index is 13.4. The molecule has 1 N–H and O–H groups in total. The molecule has 5 nitrogen and oxygen atoms in total. The lowest BCUT2D eigenvalue weighted by molar-refractivity contribution is 0.0709. The monoisotopic (exact) mass is 366 g/mol. The van der Waals surface area contributed by atoms with Gasteiger partial charge in [0.15, 0.2) is 0 Å². The number of ketones is 1. The van der Waals surface area contributed by atoms with E-state index in [-0.39, 0.29) is 11.7 Å². The molecular weight excluding hydrogens is 340 g/mol. The first-order valence-corrected chi connectivity index (χ1v) is 9.41. The third kappa shape index (κ3) is 3.72. The number of methoxy groups -OCH3 is 1. The number of pyridine rings is 1. The average Bonchev–Trinajstić information content (AvgIpc) is 2.68. The normalized spacial score (nSPS) is 15.8. The highest BCUT2D eigenvalue weighted by molar-refractivity contribution is 6.07. The minimum atomic E-state index is -0.899. The van der Waals surface area contributed by atoms with Crippen LogP contribution in [0.1, 0.15) is 64.1 Å². The summed E-state index contributed by atoms with van der Waals surface area (Å²) in [4.78, 5) is 30.8. The number of ether oxygens (including phenoxy) is 1. The van der Waals surface area contributed by atoms with Gasteiger partial charge in [-0.15, -0.1) is 0 Å². The van der Waals surface area contributed by atoms with Crippen molar-refractivity contribution in [2.24, 2.45) is 0 Å². The highest BCUT2D eigenvalue weighted by atomic mass is 16.5. The lowest BCUT2D eigenvalue weighted by Gasteiger charge is -2.37. The number of carbonyl (C=O) groups is 2. The number of aryl methyl sites for hydroxylation is 1. The van der Waals surface area contributed by atoms with E-state index in [4.69, 9.17) is 4.74 Å². The molecule has 1 heterocycles. The quantitative estimate of drug-likeness (QED) is 0.812. The molecule has 1 aromatic carbocycles. The van der Waals surface area contributed by atoms with Crippen LogP contribution in [0.15, 0.2) is 36.5 Å². The minimum absolute atomic E-state index is 0.0887. The zero-order valence-electron chi connectivity index (χ0n) is 16.2. The molecule has 0 spiro atoms. The molecule has 142 valence electrons. The lowest BCUT2D eigenvalue weighted by atomic mass is 9.76. The van der Waals surface area contributed by atoms with E-state index in [0.29, 0.717) is 29.8 Å². The molecular formula is C22H26N2O3. The molecule has 1 aliphatic rings. The van der Waals surface area contributed by atoms with Gasteiger partial charge in [-0.25, -0.2) is 0 Å². The molecule has 1 saturated carbocycles. The molecule has 5 heteroatoms. The predicted molar refractivity (Wildman–Crippen MR) is 104 cm³/mol. The van der Waals surface area contributed by atoms with Gasteiger partial charge < -0.3 is 10.1 Å². The number of nitrogens with zero attached hydrogens (tertiary/aromatic N) is 1. The molecule has 1 aromatic heterocycles. The molecule has 0 atom stereocenters. The van der Waals surface area contributed by atoms with Crippen LogP contribution >= 0.6 is 0 Å². The smallest absolute Gasteiger partial charge is 0.252 e. The van der Waals surface area contributed by atoms with Gasteiger partial charge in [-0.2, -0.15) is 0 Å². The Bertz CT molecular complexity index is 854. The molecule has 27 heavy (non-hydrogen) atoms. The van der Waals surface area contributed by atoms with Crippen molar-refractivity contribution in [1.82, 2.24) is 10.3 Å². The standard InChI is InChI=1S/C22H26N2O3/c1-15-9-8-14-23-19(15)20(25)22(12-5-4-6-13-22)24-21(26)17-10-7-11-18(27-3)16(17)2/h7-11,14H,4-6,12-13H2,1-3H3,(H,24,26). The van der Waals surface area contributed by atoms with E-state index >= 15 is 0 Å². The van der Waals surface area contributed by atoms with Crippen LogP contribution in [-0.2, 0) is 0 Å². The summed E-state index contributed by atoms with van der Waals surface area (Å²) >= 11 is 0. The number of benzene rings is 1. The van der Waals surface area contributed by atoms with E-state index in [1.165, 1.54) is 0 Å². The van der Waals surface area contributed by atoms with Crippen LogP contribution in [0.3, 0.4) is 0 Å². The second-order valence-corrected chi connectivity index (χ2v) is 7.23. The molecule has 2 aromatic rings. The molecule has 1 amide bonds. The zero-order valence-corrected chi connectivity index (χ0v) is 16.2. The van der Waals surface area contributed by atoms with Crippen molar-refractivity contribution >= 4 is 11.7 Å². The summed E-state index contributed by atoms with van der Waals surface area (Å²) in [5, 5.41) is 3.08. The maximum atomic E-state index is 13.4. The van der Waals surface area contributed by atoms with Crippen LogP contribution in [-0.4, -0.2) is 29.3 Å². The topological polar surface area (TPSA) is 68.3 Å². The van der Waals surface area contributed by atoms with Gasteiger partial charge in [0.25, 0.3) is 5.91 Å². The molecule has 1 fully saturated rings. The van der Waals surface area contributed by atoms with E-state index < -0.39 is 5.54 Å². The van der Waals surface area contributed by atoms with Crippen LogP contribution in [0.4, 0.5) is 0 Å². The summed E-state index contributed by atoms with van der Waals surface area (Å²) < 4.78 is 5.33. The van der Waals surface area contributed by atoms with Crippen LogP contribution in [0.5, 0.6) is 5.75 Å². The Balaban J connectivity index is 1.95. The van der Waals surface area contributed by atoms with Gasteiger partial charge in [0, 0.05) is 17.3 Å². The summed E-state index contributed by atoms with van der Waals surface area (Å²) in [6, 6.07) is 9.08. The van der Waals surface area contributed by atoms with E-state index in [1.807, 2.05) is 32.0 Å². The van der Waals surface area contributed by atoms with E-state index in [9.17, 15) is 9.59 Å². The first-order chi connectivity index (χ1) is 13.0. The van der Waals surface area contributed by atoms with Crippen LogP contribution in [0, 0.1) is 13.8 Å². The Morgan fingerprint density at radius 2 is 1.81 bits per heavy atom. The van der Waals surface area contributed by atoms with E-state index in [1.54, 1.807) is 25.4 Å². The van der Waals surface area contributed by atoms with Crippen molar-refractivity contribution < 1.29 is 14.3 Å². The number of Topliss-reactive ketones (excluding diaryl/α,β-unsaturated/α-hetero) is 1. The van der Waals surface area contributed by atoms with E-state index in [0.717, 1.165) is 30.4 Å². The largest absolute Gasteiger partial charge is 0.496 e. The number of rotatable bonds is 5. The highest BCUT2D eigenvalue weighted by Gasteiger charge is 2.42. The summed E-state index contributed by atoms with van der Waals surface area (Å²) in [5.41, 5.74) is 1.68. The molecule has 1 aliphatic carbocycles. The van der Waals surface area contributed by atoms with Gasteiger partial charge in [-0.1, -0.05) is 31.4 Å². The van der Waals surface area contributed by atoms with Gasteiger partial charge in [0.2, 0.25) is 5.78 Å². The minimum Gasteiger partial charge on any atom is -0.496 e. The Kier molecular flexibility index (Phi) is 5.59. The summed E-state index contributed by atoms with van der Waals surface area (Å²) in [5.74, 6) is 0.330. The van der Waals surface area contributed by atoms with E-state index in [2.05, 4.69) is 10.3 Å². The molecule has 0 saturated heterocycles. The third-order valence-electron chi connectivity index (χ3n) is 5.47.